The van der Waals surface area contributed by atoms with Crippen LogP contribution >= 0.6 is 11.6 Å². The third kappa shape index (κ3) is 1.55. The predicted molar refractivity (Wildman–Crippen MR) is 56.8 cm³/mol. The molecule has 0 spiro atoms. The zero-order valence-corrected chi connectivity index (χ0v) is 9.18. The van der Waals surface area contributed by atoms with Crippen LogP contribution in [0.5, 0.6) is 5.75 Å². The van der Waals surface area contributed by atoms with Gasteiger partial charge in [0, 0.05) is 19.2 Å². The van der Waals surface area contributed by atoms with Gasteiger partial charge in [-0.05, 0) is 0 Å². The lowest BCUT2D eigenvalue weighted by atomic mass is 10.3. The summed E-state index contributed by atoms with van der Waals surface area (Å²) in [7, 11) is 3.27. The number of methoxy groups -OCH3 is 1. The minimum Gasteiger partial charge on any atom is -0.494 e. The molecule has 1 aromatic carbocycles. The van der Waals surface area contributed by atoms with Crippen molar-refractivity contribution in [1.82, 2.24) is 9.55 Å². The van der Waals surface area contributed by atoms with Crippen molar-refractivity contribution < 1.29 is 9.13 Å². The van der Waals surface area contributed by atoms with Gasteiger partial charge in [0.2, 0.25) is 0 Å². The van der Waals surface area contributed by atoms with Crippen molar-refractivity contribution in [2.75, 3.05) is 7.11 Å². The molecule has 0 atom stereocenters. The molecule has 0 amide bonds. The van der Waals surface area contributed by atoms with E-state index in [1.807, 2.05) is 11.6 Å². The first kappa shape index (κ1) is 10.2. The average Bonchev–Trinajstić information content (AvgIpc) is 2.54. The van der Waals surface area contributed by atoms with Crippen LogP contribution in [-0.2, 0) is 12.9 Å². The maximum absolute atomic E-state index is 13.4. The monoisotopic (exact) mass is 228 g/mol. The summed E-state index contributed by atoms with van der Waals surface area (Å²) in [5.74, 6) is 0.810. The maximum atomic E-state index is 13.4. The average molecular weight is 229 g/mol. The third-order valence-corrected chi connectivity index (χ3v) is 2.61. The van der Waals surface area contributed by atoms with E-state index in [9.17, 15) is 4.39 Å². The van der Waals surface area contributed by atoms with Crippen molar-refractivity contribution in [2.24, 2.45) is 7.05 Å². The molecule has 3 nitrogen and oxygen atoms in total. The van der Waals surface area contributed by atoms with E-state index in [0.717, 1.165) is 5.52 Å². The zero-order valence-electron chi connectivity index (χ0n) is 8.42. The van der Waals surface area contributed by atoms with Gasteiger partial charge in [0.25, 0.3) is 0 Å². The van der Waals surface area contributed by atoms with E-state index in [1.54, 1.807) is 6.07 Å². The molecule has 0 unspecified atom stereocenters. The molecule has 2 aromatic rings. The molecule has 1 aromatic heterocycles. The number of benzene rings is 1. The number of fused-ring (bicyclic) bond motifs is 1. The molecule has 0 saturated heterocycles. The highest BCUT2D eigenvalue weighted by Gasteiger charge is 2.11. The molecule has 0 radical (unpaired) electrons. The first-order chi connectivity index (χ1) is 7.17. The van der Waals surface area contributed by atoms with Gasteiger partial charge >= 0.3 is 0 Å². The van der Waals surface area contributed by atoms with E-state index in [0.29, 0.717) is 17.2 Å². The summed E-state index contributed by atoms with van der Waals surface area (Å²) in [5, 5.41) is 0. The summed E-state index contributed by atoms with van der Waals surface area (Å²) < 4.78 is 20.1. The van der Waals surface area contributed by atoms with Gasteiger partial charge in [-0.2, -0.15) is 0 Å². The number of rotatable bonds is 2. The molecule has 0 bridgehead atoms. The van der Waals surface area contributed by atoms with E-state index >= 15 is 0 Å². The zero-order chi connectivity index (χ0) is 11.0. The first-order valence-electron chi connectivity index (χ1n) is 4.42. The quantitative estimate of drug-likeness (QED) is 0.739. The Morgan fingerprint density at radius 3 is 2.87 bits per heavy atom. The van der Waals surface area contributed by atoms with Gasteiger partial charge in [-0.1, -0.05) is 0 Å². The molecule has 0 aliphatic carbocycles. The molecule has 0 saturated carbocycles. The lowest BCUT2D eigenvalue weighted by Crippen LogP contribution is -1.94. The van der Waals surface area contributed by atoms with Crippen LogP contribution in [-0.4, -0.2) is 16.7 Å². The van der Waals surface area contributed by atoms with Crippen molar-refractivity contribution in [3.8, 4) is 5.75 Å². The van der Waals surface area contributed by atoms with E-state index in [4.69, 9.17) is 16.3 Å². The van der Waals surface area contributed by atoms with Crippen LogP contribution < -0.4 is 4.74 Å². The molecule has 0 N–H and O–H groups in total. The van der Waals surface area contributed by atoms with Crippen molar-refractivity contribution in [3.05, 3.63) is 23.8 Å². The number of alkyl halides is 1. The second kappa shape index (κ2) is 3.70. The van der Waals surface area contributed by atoms with E-state index in [1.165, 1.54) is 13.2 Å². The van der Waals surface area contributed by atoms with Gasteiger partial charge in [0.1, 0.15) is 5.82 Å². The minimum atomic E-state index is -0.413. The normalized spacial score (nSPS) is 10.9. The predicted octanol–water partition coefficient (Wildman–Crippen LogP) is 2.46. The van der Waals surface area contributed by atoms with Crippen LogP contribution in [0.4, 0.5) is 4.39 Å². The summed E-state index contributed by atoms with van der Waals surface area (Å²) >= 11 is 5.71. The number of nitrogens with zero attached hydrogens (tertiary/aromatic N) is 2. The highest BCUT2D eigenvalue weighted by molar-refractivity contribution is 6.16. The number of aromatic nitrogens is 2. The Morgan fingerprint density at radius 1 is 1.53 bits per heavy atom. The van der Waals surface area contributed by atoms with Gasteiger partial charge in [0.05, 0.1) is 24.0 Å². The van der Waals surface area contributed by atoms with Crippen molar-refractivity contribution in [2.45, 2.75) is 5.88 Å². The highest BCUT2D eigenvalue weighted by Crippen LogP contribution is 2.25. The van der Waals surface area contributed by atoms with Crippen LogP contribution in [0.15, 0.2) is 12.1 Å². The first-order valence-corrected chi connectivity index (χ1v) is 4.95. The van der Waals surface area contributed by atoms with Crippen LogP contribution in [0.3, 0.4) is 0 Å². The minimum absolute atomic E-state index is 0.214. The van der Waals surface area contributed by atoms with Crippen molar-refractivity contribution >= 4 is 22.6 Å². The van der Waals surface area contributed by atoms with Crippen LogP contribution in [0.2, 0.25) is 0 Å². The Kier molecular flexibility index (Phi) is 2.52. The number of aryl methyl sites for hydroxylation is 1. The SMILES string of the molecule is COc1cc2c(cc1F)nc(CCl)n2C. The van der Waals surface area contributed by atoms with E-state index in [2.05, 4.69) is 4.98 Å². The van der Waals surface area contributed by atoms with Gasteiger partial charge in [-0.15, -0.1) is 11.6 Å². The molecule has 80 valence electrons. The van der Waals surface area contributed by atoms with Crippen LogP contribution in [0.1, 0.15) is 5.82 Å². The van der Waals surface area contributed by atoms with Gasteiger partial charge < -0.3 is 9.30 Å². The van der Waals surface area contributed by atoms with E-state index in [-0.39, 0.29) is 5.75 Å². The van der Waals surface area contributed by atoms with Gasteiger partial charge in [0.15, 0.2) is 11.6 Å². The van der Waals surface area contributed by atoms with Crippen molar-refractivity contribution in [1.29, 1.82) is 0 Å². The number of ether oxygens (including phenoxy) is 1. The molecule has 0 aliphatic rings. The molecular weight excluding hydrogens is 219 g/mol. The van der Waals surface area contributed by atoms with Crippen LogP contribution in [0.25, 0.3) is 11.0 Å². The van der Waals surface area contributed by atoms with Crippen LogP contribution in [0, 0.1) is 5.82 Å². The fourth-order valence-corrected chi connectivity index (χ4v) is 1.76. The second-order valence-corrected chi connectivity index (χ2v) is 3.46. The third-order valence-electron chi connectivity index (χ3n) is 2.37. The highest BCUT2D eigenvalue weighted by atomic mass is 35.5. The Bertz CT molecular complexity index is 510. The lowest BCUT2D eigenvalue weighted by Gasteiger charge is -2.02. The Labute approximate surface area is 91.4 Å². The molecule has 2 rings (SSSR count). The Balaban J connectivity index is 2.74. The fraction of sp³-hybridized carbons (Fsp3) is 0.300. The number of imidazole rings is 1. The van der Waals surface area contributed by atoms with Crippen molar-refractivity contribution in [3.63, 3.8) is 0 Å². The smallest absolute Gasteiger partial charge is 0.167 e. The summed E-state index contributed by atoms with van der Waals surface area (Å²) in [6.07, 6.45) is 0. The summed E-state index contributed by atoms with van der Waals surface area (Å²) in [6.45, 7) is 0. The molecule has 5 heteroatoms. The number of hydrogen-bond donors (Lipinski definition) is 0. The Morgan fingerprint density at radius 2 is 2.27 bits per heavy atom. The van der Waals surface area contributed by atoms with E-state index < -0.39 is 5.82 Å². The summed E-state index contributed by atoms with van der Waals surface area (Å²) in [5.41, 5.74) is 1.40. The largest absolute Gasteiger partial charge is 0.494 e. The van der Waals surface area contributed by atoms with Gasteiger partial charge in [-0.25, -0.2) is 9.37 Å². The molecule has 0 fully saturated rings. The standard InChI is InChI=1S/C10H10ClFN2O/c1-14-8-4-9(15-2)6(12)3-7(8)13-10(14)5-11/h3-4H,5H2,1-2H3. The lowest BCUT2D eigenvalue weighted by molar-refractivity contribution is 0.387. The second-order valence-electron chi connectivity index (χ2n) is 3.20. The topological polar surface area (TPSA) is 27.1 Å². The molecule has 1 heterocycles. The molecular formula is C10H10ClFN2O. The van der Waals surface area contributed by atoms with Gasteiger partial charge in [-0.3, -0.25) is 0 Å². The summed E-state index contributed by atoms with van der Waals surface area (Å²) in [6, 6.07) is 2.97. The molecule has 0 aliphatic heterocycles. The molecule has 15 heavy (non-hydrogen) atoms. The summed E-state index contributed by atoms with van der Waals surface area (Å²) in [4.78, 5) is 4.20. The maximum Gasteiger partial charge on any atom is 0.167 e. The number of halogens is 2. The number of hydrogen-bond acceptors (Lipinski definition) is 2. The fourth-order valence-electron chi connectivity index (χ4n) is 1.52. The Hall–Kier alpha value is -1.29.